The van der Waals surface area contributed by atoms with Gasteiger partial charge in [0.2, 0.25) is 0 Å². The number of aromatic nitrogens is 1. The maximum absolute atomic E-state index is 10.4. The molecule has 1 fully saturated rings. The van der Waals surface area contributed by atoms with E-state index in [1.54, 1.807) is 12.3 Å². The molecule has 1 amide bonds. The fourth-order valence-electron chi connectivity index (χ4n) is 1.89. The van der Waals surface area contributed by atoms with Crippen molar-refractivity contribution in [3.05, 3.63) is 18.3 Å². The van der Waals surface area contributed by atoms with Gasteiger partial charge < -0.3 is 10.0 Å². The molecule has 0 aliphatic carbocycles. The maximum atomic E-state index is 10.4. The minimum Gasteiger partial charge on any atom is -0.465 e. The highest BCUT2D eigenvalue weighted by Crippen LogP contribution is 2.18. The molecule has 0 radical (unpaired) electrons. The van der Waals surface area contributed by atoms with Crippen LogP contribution in [-0.2, 0) is 0 Å². The monoisotopic (exact) mass is 221 g/mol. The predicted molar refractivity (Wildman–Crippen MR) is 61.9 cm³/mol. The summed E-state index contributed by atoms with van der Waals surface area (Å²) in [5.41, 5.74) is 0.508. The van der Waals surface area contributed by atoms with Crippen LogP contribution in [0.5, 0.6) is 0 Å². The Morgan fingerprint density at radius 1 is 1.31 bits per heavy atom. The van der Waals surface area contributed by atoms with Gasteiger partial charge in [-0.3, -0.25) is 5.32 Å². The van der Waals surface area contributed by atoms with Gasteiger partial charge in [-0.1, -0.05) is 0 Å². The summed E-state index contributed by atoms with van der Waals surface area (Å²) in [4.78, 5) is 16.9. The van der Waals surface area contributed by atoms with E-state index < -0.39 is 6.09 Å². The molecule has 1 saturated heterocycles. The Balaban J connectivity index is 2.03. The summed E-state index contributed by atoms with van der Waals surface area (Å²) in [6.07, 6.45) is 4.19. The first-order chi connectivity index (χ1) is 7.75. The van der Waals surface area contributed by atoms with Crippen molar-refractivity contribution in [2.24, 2.45) is 0 Å². The molecule has 5 heteroatoms. The SMILES string of the molecule is O=C(O)Nc1ccc(N2CCCCC2)nc1. The Hall–Kier alpha value is -1.78. The lowest BCUT2D eigenvalue weighted by molar-refractivity contribution is 0.209. The van der Waals surface area contributed by atoms with Gasteiger partial charge in [0.15, 0.2) is 0 Å². The summed E-state index contributed by atoms with van der Waals surface area (Å²) < 4.78 is 0. The molecule has 5 nitrogen and oxygen atoms in total. The number of nitrogens with one attached hydrogen (secondary N) is 1. The lowest BCUT2D eigenvalue weighted by Gasteiger charge is -2.27. The normalized spacial score (nSPS) is 15.9. The molecule has 2 heterocycles. The standard InChI is InChI=1S/C11H15N3O2/c15-11(16)13-9-4-5-10(12-8-9)14-6-2-1-3-7-14/h4-5,8,13H,1-3,6-7H2,(H,15,16). The first-order valence-corrected chi connectivity index (χ1v) is 5.46. The van der Waals surface area contributed by atoms with Gasteiger partial charge in [-0.25, -0.2) is 9.78 Å². The first kappa shape index (κ1) is 10.7. The maximum Gasteiger partial charge on any atom is 0.409 e. The van der Waals surface area contributed by atoms with Crippen LogP contribution in [0.2, 0.25) is 0 Å². The van der Waals surface area contributed by atoms with Crippen molar-refractivity contribution in [1.29, 1.82) is 0 Å². The largest absolute Gasteiger partial charge is 0.465 e. The second-order valence-corrected chi connectivity index (χ2v) is 3.88. The highest BCUT2D eigenvalue weighted by Gasteiger charge is 2.11. The molecular weight excluding hydrogens is 206 g/mol. The van der Waals surface area contributed by atoms with Crippen molar-refractivity contribution in [3.63, 3.8) is 0 Å². The molecule has 0 bridgehead atoms. The Labute approximate surface area is 94.1 Å². The molecule has 2 N–H and O–H groups in total. The zero-order valence-electron chi connectivity index (χ0n) is 9.02. The summed E-state index contributed by atoms with van der Waals surface area (Å²) in [7, 11) is 0. The average Bonchev–Trinajstić information content (AvgIpc) is 2.30. The van der Waals surface area contributed by atoms with Crippen molar-refractivity contribution >= 4 is 17.6 Å². The lowest BCUT2D eigenvalue weighted by atomic mass is 10.1. The van der Waals surface area contributed by atoms with E-state index in [4.69, 9.17) is 5.11 Å². The number of carboxylic acid groups (broad SMARTS) is 1. The number of piperidine rings is 1. The molecule has 1 aromatic heterocycles. The average molecular weight is 221 g/mol. The zero-order valence-corrected chi connectivity index (χ0v) is 9.02. The van der Waals surface area contributed by atoms with Crippen LogP contribution >= 0.6 is 0 Å². The summed E-state index contributed by atoms with van der Waals surface area (Å²) in [6, 6.07) is 3.60. The van der Waals surface area contributed by atoms with Crippen molar-refractivity contribution in [1.82, 2.24) is 4.98 Å². The van der Waals surface area contributed by atoms with E-state index in [1.165, 1.54) is 19.3 Å². The minimum atomic E-state index is -1.06. The third-order valence-electron chi connectivity index (χ3n) is 2.68. The van der Waals surface area contributed by atoms with E-state index >= 15 is 0 Å². The number of anilines is 2. The van der Waals surface area contributed by atoms with Gasteiger partial charge in [-0.2, -0.15) is 0 Å². The molecular formula is C11H15N3O2. The molecule has 0 aromatic carbocycles. The third-order valence-corrected chi connectivity index (χ3v) is 2.68. The molecule has 0 saturated carbocycles. The van der Waals surface area contributed by atoms with Gasteiger partial charge in [0.1, 0.15) is 5.82 Å². The van der Waals surface area contributed by atoms with Crippen molar-refractivity contribution in [3.8, 4) is 0 Å². The molecule has 0 spiro atoms. The highest BCUT2D eigenvalue weighted by atomic mass is 16.4. The Bertz CT molecular complexity index is 358. The number of rotatable bonds is 2. The molecule has 1 aliphatic rings. The topological polar surface area (TPSA) is 65.5 Å². The summed E-state index contributed by atoms with van der Waals surface area (Å²) in [5, 5.41) is 10.8. The van der Waals surface area contributed by atoms with Gasteiger partial charge in [-0.05, 0) is 31.4 Å². The number of amides is 1. The minimum absolute atomic E-state index is 0.508. The van der Waals surface area contributed by atoms with Crippen LogP contribution in [0.1, 0.15) is 19.3 Å². The van der Waals surface area contributed by atoms with Crippen LogP contribution in [0.15, 0.2) is 18.3 Å². The Kier molecular flexibility index (Phi) is 3.24. The van der Waals surface area contributed by atoms with Gasteiger partial charge in [0.05, 0.1) is 11.9 Å². The molecule has 2 rings (SSSR count). The molecule has 1 aliphatic heterocycles. The second-order valence-electron chi connectivity index (χ2n) is 3.88. The lowest BCUT2D eigenvalue weighted by Crippen LogP contribution is -2.30. The van der Waals surface area contributed by atoms with E-state index in [-0.39, 0.29) is 0 Å². The third kappa shape index (κ3) is 2.62. The fraction of sp³-hybridized carbons (Fsp3) is 0.455. The Morgan fingerprint density at radius 3 is 2.62 bits per heavy atom. The van der Waals surface area contributed by atoms with Gasteiger partial charge >= 0.3 is 6.09 Å². The van der Waals surface area contributed by atoms with Crippen LogP contribution in [0.4, 0.5) is 16.3 Å². The molecule has 16 heavy (non-hydrogen) atoms. The number of carbonyl (C=O) groups is 1. The molecule has 86 valence electrons. The van der Waals surface area contributed by atoms with E-state index in [2.05, 4.69) is 15.2 Å². The number of pyridine rings is 1. The van der Waals surface area contributed by atoms with Gasteiger partial charge in [0, 0.05) is 13.1 Å². The molecule has 0 unspecified atom stereocenters. The predicted octanol–water partition coefficient (Wildman–Crippen LogP) is 2.16. The summed E-state index contributed by atoms with van der Waals surface area (Å²) in [6.45, 7) is 2.08. The van der Waals surface area contributed by atoms with Crippen molar-refractivity contribution in [2.45, 2.75) is 19.3 Å². The number of nitrogens with zero attached hydrogens (tertiary/aromatic N) is 2. The zero-order chi connectivity index (χ0) is 11.4. The van der Waals surface area contributed by atoms with Crippen LogP contribution in [0.3, 0.4) is 0 Å². The van der Waals surface area contributed by atoms with E-state index in [0.29, 0.717) is 5.69 Å². The first-order valence-electron chi connectivity index (χ1n) is 5.46. The Morgan fingerprint density at radius 2 is 2.06 bits per heavy atom. The highest BCUT2D eigenvalue weighted by molar-refractivity contribution is 5.82. The number of hydrogen-bond donors (Lipinski definition) is 2. The van der Waals surface area contributed by atoms with E-state index in [1.807, 2.05) is 6.07 Å². The summed E-state index contributed by atoms with van der Waals surface area (Å²) in [5.74, 6) is 0.927. The molecule has 0 atom stereocenters. The van der Waals surface area contributed by atoms with Crippen molar-refractivity contribution < 1.29 is 9.90 Å². The fourth-order valence-corrected chi connectivity index (χ4v) is 1.89. The smallest absolute Gasteiger partial charge is 0.409 e. The van der Waals surface area contributed by atoms with Crippen LogP contribution < -0.4 is 10.2 Å². The van der Waals surface area contributed by atoms with E-state index in [0.717, 1.165) is 18.9 Å². The van der Waals surface area contributed by atoms with E-state index in [9.17, 15) is 4.79 Å². The van der Waals surface area contributed by atoms with Gasteiger partial charge in [0.25, 0.3) is 0 Å². The quantitative estimate of drug-likeness (QED) is 0.803. The van der Waals surface area contributed by atoms with Gasteiger partial charge in [-0.15, -0.1) is 0 Å². The van der Waals surface area contributed by atoms with Crippen LogP contribution in [0, 0.1) is 0 Å². The van der Waals surface area contributed by atoms with Crippen molar-refractivity contribution in [2.75, 3.05) is 23.3 Å². The second kappa shape index (κ2) is 4.83. The van der Waals surface area contributed by atoms with Crippen LogP contribution in [0.25, 0.3) is 0 Å². The summed E-state index contributed by atoms with van der Waals surface area (Å²) >= 11 is 0. The molecule has 1 aromatic rings. The number of hydrogen-bond acceptors (Lipinski definition) is 3. The van der Waals surface area contributed by atoms with Crippen LogP contribution in [-0.4, -0.2) is 29.3 Å².